The number of hydroxylamine groups is 1. The average Bonchev–Trinajstić information content (AvgIpc) is 3.07. The third-order valence-electron chi connectivity index (χ3n) is 4.23. The molecule has 4 rings (SSSR count). The maximum atomic E-state index is 13.0. The lowest BCUT2D eigenvalue weighted by Gasteiger charge is -2.29. The monoisotopic (exact) mass is 334 g/mol. The fraction of sp³-hybridized carbons (Fsp3) is 0.167. The molecule has 2 aliphatic rings. The molecule has 1 aromatic heterocycles. The Kier molecular flexibility index (Phi) is 3.42. The molecule has 0 bridgehead atoms. The predicted octanol–water partition coefficient (Wildman–Crippen LogP) is 1.58. The molecule has 3 N–H and O–H groups in total. The summed E-state index contributed by atoms with van der Waals surface area (Å²) in [5.41, 5.74) is 13.7. The Morgan fingerprint density at radius 2 is 1.80 bits per heavy atom. The van der Waals surface area contributed by atoms with Crippen LogP contribution in [-0.2, 0) is 0 Å². The summed E-state index contributed by atoms with van der Waals surface area (Å²) in [4.78, 5) is 6.11. The van der Waals surface area contributed by atoms with E-state index in [1.807, 2.05) is 56.3 Å². The van der Waals surface area contributed by atoms with Gasteiger partial charge >= 0.3 is 5.96 Å². The molecule has 0 unspecified atom stereocenters. The number of aryl methyl sites for hydroxylation is 2. The molecule has 2 aliphatic heterocycles. The summed E-state index contributed by atoms with van der Waals surface area (Å²) in [6, 6.07) is 13.4. The number of nitrogens with one attached hydrogen (secondary N) is 1. The van der Waals surface area contributed by atoms with Crippen LogP contribution in [0.4, 0.5) is 0 Å². The molecule has 0 amide bonds. The fourth-order valence-corrected chi connectivity index (χ4v) is 3.23. The lowest BCUT2D eigenvalue weighted by molar-refractivity contribution is -0.358. The first kappa shape index (κ1) is 15.2. The van der Waals surface area contributed by atoms with E-state index in [9.17, 15) is 5.21 Å². The predicted molar refractivity (Wildman–Crippen MR) is 97.1 cm³/mol. The van der Waals surface area contributed by atoms with E-state index in [0.29, 0.717) is 18.2 Å². The minimum Gasteiger partial charge on any atom is -0.740 e. The van der Waals surface area contributed by atoms with Crippen molar-refractivity contribution in [2.45, 2.75) is 13.8 Å². The maximum absolute atomic E-state index is 13.0. The summed E-state index contributed by atoms with van der Waals surface area (Å²) in [5, 5.41) is 17.4. The van der Waals surface area contributed by atoms with Crippen LogP contribution >= 0.6 is 0 Å². The van der Waals surface area contributed by atoms with Crippen LogP contribution in [0, 0.1) is 19.1 Å². The van der Waals surface area contributed by atoms with Gasteiger partial charge in [0.1, 0.15) is 5.70 Å². The van der Waals surface area contributed by atoms with Crippen LogP contribution < -0.4 is 11.2 Å². The van der Waals surface area contributed by atoms with E-state index < -0.39 is 0 Å². The van der Waals surface area contributed by atoms with Crippen LogP contribution in [-0.4, -0.2) is 33.1 Å². The Labute approximate surface area is 145 Å². The van der Waals surface area contributed by atoms with Crippen molar-refractivity contribution in [3.63, 3.8) is 0 Å². The van der Waals surface area contributed by atoms with Crippen molar-refractivity contribution in [2.75, 3.05) is 6.67 Å². The largest absolute Gasteiger partial charge is 0.740 e. The summed E-state index contributed by atoms with van der Waals surface area (Å²) in [5.74, 6) is 0.752. The van der Waals surface area contributed by atoms with Gasteiger partial charge in [-0.25, -0.2) is 4.74 Å². The number of fused-ring (bicyclic) bond motifs is 1. The second-order valence-corrected chi connectivity index (χ2v) is 6.06. The zero-order chi connectivity index (χ0) is 17.6. The van der Waals surface area contributed by atoms with Crippen molar-refractivity contribution in [1.82, 2.24) is 15.3 Å². The van der Waals surface area contributed by atoms with Crippen molar-refractivity contribution < 1.29 is 4.74 Å². The van der Waals surface area contributed by atoms with Gasteiger partial charge < -0.3 is 5.21 Å². The summed E-state index contributed by atoms with van der Waals surface area (Å²) >= 11 is 0. The Bertz CT molecular complexity index is 925. The molecule has 2 aromatic rings. The molecule has 0 saturated carbocycles. The van der Waals surface area contributed by atoms with Crippen LogP contribution in [0.2, 0.25) is 0 Å². The summed E-state index contributed by atoms with van der Waals surface area (Å²) < 4.78 is 0.780. The zero-order valence-electron chi connectivity index (χ0n) is 14.0. The van der Waals surface area contributed by atoms with Crippen LogP contribution in [0.5, 0.6) is 0 Å². The van der Waals surface area contributed by atoms with Crippen molar-refractivity contribution in [3.05, 3.63) is 70.2 Å². The Hall–Kier alpha value is -3.35. The van der Waals surface area contributed by atoms with E-state index in [1.54, 1.807) is 4.90 Å². The number of nitrogens with two attached hydrogens (primary N) is 1. The van der Waals surface area contributed by atoms with Crippen LogP contribution in [0.1, 0.15) is 22.5 Å². The van der Waals surface area contributed by atoms with Gasteiger partial charge in [0.15, 0.2) is 6.67 Å². The van der Waals surface area contributed by atoms with Crippen molar-refractivity contribution in [1.29, 1.82) is 0 Å². The number of hydrogen-bond acceptors (Lipinski definition) is 6. The number of guanidine groups is 1. The van der Waals surface area contributed by atoms with Gasteiger partial charge in [-0.15, -0.1) is 5.10 Å². The number of pyridine rings is 1. The summed E-state index contributed by atoms with van der Waals surface area (Å²) in [6.45, 7) is 4.24. The molecule has 0 atom stereocenters. The van der Waals surface area contributed by atoms with Crippen molar-refractivity contribution in [2.24, 2.45) is 10.8 Å². The second-order valence-electron chi connectivity index (χ2n) is 6.06. The number of amidine groups is 1. The third kappa shape index (κ3) is 2.40. The van der Waals surface area contributed by atoms with Gasteiger partial charge in [0.2, 0.25) is 5.84 Å². The molecule has 126 valence electrons. The summed E-state index contributed by atoms with van der Waals surface area (Å²) in [6.07, 6.45) is 0. The normalized spacial score (nSPS) is 16.7. The molecule has 1 aromatic carbocycles. The Balaban J connectivity index is 2.06. The molecule has 0 spiro atoms. The van der Waals surface area contributed by atoms with Gasteiger partial charge in [-0.3, -0.25) is 16.1 Å². The standard InChI is InChI=1S/C18H18N6O/c1-11-8-14(9-12(2)21-11)15-16(13-6-4-3-5-7-13)24(25)18(19)23-10-20-22-17(15)23/h3-9,20H,10,19H2,1-2H3. The molecule has 0 aliphatic carbocycles. The van der Waals surface area contributed by atoms with Crippen molar-refractivity contribution in [3.8, 4) is 0 Å². The number of aromatic nitrogens is 1. The van der Waals surface area contributed by atoms with Gasteiger partial charge in [-0.05, 0) is 31.5 Å². The Morgan fingerprint density at radius 3 is 2.48 bits per heavy atom. The van der Waals surface area contributed by atoms with E-state index in [1.165, 1.54) is 0 Å². The third-order valence-corrected chi connectivity index (χ3v) is 4.23. The van der Waals surface area contributed by atoms with Crippen LogP contribution in [0.3, 0.4) is 0 Å². The molecule has 0 saturated heterocycles. The highest BCUT2D eigenvalue weighted by Crippen LogP contribution is 2.33. The number of benzene rings is 1. The van der Waals surface area contributed by atoms with E-state index in [4.69, 9.17) is 5.73 Å². The molecular weight excluding hydrogens is 316 g/mol. The minimum atomic E-state index is 0.105. The SMILES string of the molecule is Cc1cc(C2=C(c3ccccc3)[N+]([O-])=C(N)N3CNN=C23)cc(C)n1. The highest BCUT2D eigenvalue weighted by Gasteiger charge is 2.38. The van der Waals surface area contributed by atoms with Crippen LogP contribution in [0.25, 0.3) is 11.3 Å². The van der Waals surface area contributed by atoms with Gasteiger partial charge in [0.05, 0.1) is 5.57 Å². The van der Waals surface area contributed by atoms with Crippen molar-refractivity contribution >= 4 is 23.1 Å². The fourth-order valence-electron chi connectivity index (χ4n) is 3.23. The molecule has 3 heterocycles. The van der Waals surface area contributed by atoms with E-state index in [-0.39, 0.29) is 5.96 Å². The number of nitrogens with zero attached hydrogens (tertiary/aromatic N) is 4. The van der Waals surface area contributed by atoms with E-state index >= 15 is 0 Å². The van der Waals surface area contributed by atoms with Gasteiger partial charge in [0.25, 0.3) is 0 Å². The van der Waals surface area contributed by atoms with Gasteiger partial charge in [-0.2, -0.15) is 4.90 Å². The smallest absolute Gasteiger partial charge is 0.359 e. The minimum absolute atomic E-state index is 0.105. The number of rotatable bonds is 2. The first-order valence-electron chi connectivity index (χ1n) is 8.00. The van der Waals surface area contributed by atoms with E-state index in [2.05, 4.69) is 15.5 Å². The molecular formula is C18H18N6O. The molecule has 0 fully saturated rings. The Morgan fingerprint density at radius 1 is 1.12 bits per heavy atom. The molecule has 7 heteroatoms. The highest BCUT2D eigenvalue weighted by atomic mass is 16.5. The number of hydrogen-bond donors (Lipinski definition) is 2. The summed E-state index contributed by atoms with van der Waals surface area (Å²) in [7, 11) is 0. The van der Waals surface area contributed by atoms with Gasteiger partial charge in [-0.1, -0.05) is 30.3 Å². The highest BCUT2D eigenvalue weighted by molar-refractivity contribution is 6.33. The van der Waals surface area contributed by atoms with Gasteiger partial charge in [0, 0.05) is 17.0 Å². The lowest BCUT2D eigenvalue weighted by atomic mass is 9.96. The molecule has 7 nitrogen and oxygen atoms in total. The lowest BCUT2D eigenvalue weighted by Crippen LogP contribution is -2.48. The first-order chi connectivity index (χ1) is 12.1. The number of hydrazone groups is 1. The topological polar surface area (TPSA) is 92.6 Å². The first-order valence-corrected chi connectivity index (χ1v) is 8.00. The maximum Gasteiger partial charge on any atom is 0.359 e. The average molecular weight is 334 g/mol. The zero-order valence-corrected chi connectivity index (χ0v) is 14.0. The second kappa shape index (κ2) is 5.62. The molecule has 25 heavy (non-hydrogen) atoms. The molecule has 0 radical (unpaired) electrons. The van der Waals surface area contributed by atoms with E-state index in [0.717, 1.165) is 32.8 Å². The van der Waals surface area contributed by atoms with Crippen LogP contribution in [0.15, 0.2) is 47.6 Å². The quantitative estimate of drug-likeness (QED) is 0.642.